The highest BCUT2D eigenvalue weighted by molar-refractivity contribution is 9.10. The Morgan fingerprint density at radius 1 is 1.36 bits per heavy atom. The van der Waals surface area contributed by atoms with Gasteiger partial charge >= 0.3 is 5.97 Å². The van der Waals surface area contributed by atoms with Crippen molar-refractivity contribution in [3.63, 3.8) is 0 Å². The number of carboxylic acids is 1. The summed E-state index contributed by atoms with van der Waals surface area (Å²) in [6.07, 6.45) is 0.946. The molecule has 1 aliphatic heterocycles. The van der Waals surface area contributed by atoms with Crippen LogP contribution in [0.2, 0.25) is 0 Å². The average molecular weight is 390 g/mol. The lowest BCUT2D eigenvalue weighted by Crippen LogP contribution is -2.43. The number of rotatable bonds is 5. The minimum absolute atomic E-state index is 0.246. The summed E-state index contributed by atoms with van der Waals surface area (Å²) in [5.74, 6) is -2.64. The van der Waals surface area contributed by atoms with Gasteiger partial charge in [-0.3, -0.25) is 4.79 Å². The van der Waals surface area contributed by atoms with Gasteiger partial charge in [-0.05, 0) is 30.5 Å². The number of likely N-dealkylation sites (tertiary alicyclic amines) is 1. The van der Waals surface area contributed by atoms with Crippen molar-refractivity contribution in [1.82, 2.24) is 4.90 Å². The van der Waals surface area contributed by atoms with E-state index in [-0.39, 0.29) is 5.75 Å². The van der Waals surface area contributed by atoms with Gasteiger partial charge in [0, 0.05) is 11.0 Å². The maximum absolute atomic E-state index is 12.1. The van der Waals surface area contributed by atoms with Crippen molar-refractivity contribution in [1.29, 1.82) is 0 Å². The Morgan fingerprint density at radius 3 is 2.73 bits per heavy atom. The summed E-state index contributed by atoms with van der Waals surface area (Å²) in [7, 11) is -3.64. The molecular formula is C14H16BrNO5S. The molecule has 0 spiro atoms. The normalized spacial score (nSPS) is 18.4. The van der Waals surface area contributed by atoms with Crippen molar-refractivity contribution in [3.05, 3.63) is 34.3 Å². The summed E-state index contributed by atoms with van der Waals surface area (Å²) < 4.78 is 25.1. The lowest BCUT2D eigenvalue weighted by Gasteiger charge is -2.21. The summed E-state index contributed by atoms with van der Waals surface area (Å²) in [4.78, 5) is 24.3. The zero-order chi connectivity index (χ0) is 16.3. The topological polar surface area (TPSA) is 91.8 Å². The van der Waals surface area contributed by atoms with Crippen LogP contribution in [0, 0.1) is 0 Å². The third-order valence-corrected chi connectivity index (χ3v) is 5.43. The summed E-state index contributed by atoms with van der Waals surface area (Å²) in [5.41, 5.74) is 0.582. The van der Waals surface area contributed by atoms with Crippen molar-refractivity contribution >= 4 is 37.6 Å². The Morgan fingerprint density at radius 2 is 2.09 bits per heavy atom. The van der Waals surface area contributed by atoms with Crippen LogP contribution in [0.15, 0.2) is 28.7 Å². The van der Waals surface area contributed by atoms with E-state index in [2.05, 4.69) is 15.9 Å². The number of aliphatic carboxylic acids is 1. The third-order valence-electron chi connectivity index (χ3n) is 3.48. The molecule has 1 aliphatic rings. The number of nitrogens with zero attached hydrogens (tertiary/aromatic N) is 1. The quantitative estimate of drug-likeness (QED) is 0.822. The Kier molecular flexibility index (Phi) is 5.23. The maximum atomic E-state index is 12.1. The zero-order valence-corrected chi connectivity index (χ0v) is 14.1. The number of hydrogen-bond donors (Lipinski definition) is 1. The first-order valence-corrected chi connectivity index (χ1v) is 9.37. The molecule has 0 aliphatic carbocycles. The van der Waals surface area contributed by atoms with Crippen LogP contribution in [0.3, 0.4) is 0 Å². The highest BCUT2D eigenvalue weighted by Crippen LogP contribution is 2.19. The second-order valence-corrected chi connectivity index (χ2v) is 8.23. The largest absolute Gasteiger partial charge is 0.480 e. The van der Waals surface area contributed by atoms with Crippen LogP contribution in [0.5, 0.6) is 0 Å². The predicted molar refractivity (Wildman–Crippen MR) is 84.0 cm³/mol. The van der Waals surface area contributed by atoms with Crippen LogP contribution < -0.4 is 0 Å². The number of hydrogen-bond acceptors (Lipinski definition) is 4. The highest BCUT2D eigenvalue weighted by atomic mass is 79.9. The van der Waals surface area contributed by atoms with Gasteiger partial charge in [-0.2, -0.15) is 0 Å². The monoisotopic (exact) mass is 389 g/mol. The van der Waals surface area contributed by atoms with Crippen molar-refractivity contribution in [2.24, 2.45) is 0 Å². The van der Waals surface area contributed by atoms with Gasteiger partial charge in [0.05, 0.1) is 5.75 Å². The lowest BCUT2D eigenvalue weighted by molar-refractivity contribution is -0.147. The Labute approximate surface area is 137 Å². The van der Waals surface area contributed by atoms with Gasteiger partial charge < -0.3 is 10.0 Å². The molecule has 0 radical (unpaired) electrons. The minimum atomic E-state index is -3.64. The number of amides is 1. The smallest absolute Gasteiger partial charge is 0.326 e. The van der Waals surface area contributed by atoms with Gasteiger partial charge in [-0.1, -0.05) is 28.1 Å². The fraction of sp³-hybridized carbons (Fsp3) is 0.429. The summed E-state index contributed by atoms with van der Waals surface area (Å²) >= 11 is 3.26. The SMILES string of the molecule is O=C(O)[C@H]1CCCN1C(=O)CS(=O)(=O)Cc1cccc(Br)c1. The van der Waals surface area contributed by atoms with E-state index in [0.29, 0.717) is 24.9 Å². The van der Waals surface area contributed by atoms with E-state index in [1.165, 1.54) is 0 Å². The lowest BCUT2D eigenvalue weighted by atomic mass is 10.2. The van der Waals surface area contributed by atoms with E-state index in [0.717, 1.165) is 9.37 Å². The Balaban J connectivity index is 2.05. The number of carbonyl (C=O) groups is 2. The summed E-state index contributed by atoms with van der Waals surface area (Å²) in [6.45, 7) is 0.294. The minimum Gasteiger partial charge on any atom is -0.480 e. The maximum Gasteiger partial charge on any atom is 0.326 e. The van der Waals surface area contributed by atoms with E-state index in [4.69, 9.17) is 5.11 Å². The number of carboxylic acid groups (broad SMARTS) is 1. The van der Waals surface area contributed by atoms with Gasteiger partial charge in [0.2, 0.25) is 5.91 Å². The van der Waals surface area contributed by atoms with Gasteiger partial charge in [0.15, 0.2) is 9.84 Å². The van der Waals surface area contributed by atoms with E-state index in [9.17, 15) is 18.0 Å². The molecule has 1 atom stereocenters. The summed E-state index contributed by atoms with van der Waals surface area (Å²) in [6, 6.07) is 5.94. The Hall–Kier alpha value is -1.41. The van der Waals surface area contributed by atoms with Crippen molar-refractivity contribution in [2.75, 3.05) is 12.3 Å². The molecule has 0 saturated carbocycles. The van der Waals surface area contributed by atoms with E-state index in [1.54, 1.807) is 24.3 Å². The van der Waals surface area contributed by atoms with Crippen LogP contribution in [-0.4, -0.2) is 48.6 Å². The molecule has 1 aromatic carbocycles. The van der Waals surface area contributed by atoms with E-state index < -0.39 is 33.5 Å². The van der Waals surface area contributed by atoms with Crippen LogP contribution in [0.25, 0.3) is 0 Å². The fourth-order valence-corrected chi connectivity index (χ4v) is 4.30. The molecule has 2 rings (SSSR count). The first kappa shape index (κ1) is 17.0. The molecule has 0 bridgehead atoms. The van der Waals surface area contributed by atoms with Crippen LogP contribution in [-0.2, 0) is 25.2 Å². The molecule has 8 heteroatoms. The molecule has 6 nitrogen and oxygen atoms in total. The predicted octanol–water partition coefficient (Wildman–Crippen LogP) is 1.44. The number of benzene rings is 1. The van der Waals surface area contributed by atoms with E-state index >= 15 is 0 Å². The zero-order valence-electron chi connectivity index (χ0n) is 11.7. The van der Waals surface area contributed by atoms with Crippen molar-refractivity contribution in [2.45, 2.75) is 24.6 Å². The first-order chi connectivity index (χ1) is 10.3. The molecule has 0 unspecified atom stereocenters. The molecule has 1 aromatic rings. The second kappa shape index (κ2) is 6.78. The van der Waals surface area contributed by atoms with Crippen LogP contribution in [0.1, 0.15) is 18.4 Å². The Bertz CT molecular complexity index is 688. The van der Waals surface area contributed by atoms with E-state index in [1.807, 2.05) is 0 Å². The van der Waals surface area contributed by atoms with Crippen molar-refractivity contribution in [3.8, 4) is 0 Å². The average Bonchev–Trinajstić information content (AvgIpc) is 2.86. The van der Waals surface area contributed by atoms with Crippen LogP contribution in [0.4, 0.5) is 0 Å². The molecule has 1 amide bonds. The molecule has 1 N–H and O–H groups in total. The molecule has 1 heterocycles. The molecular weight excluding hydrogens is 374 g/mol. The second-order valence-electron chi connectivity index (χ2n) is 5.25. The van der Waals surface area contributed by atoms with Crippen LogP contribution >= 0.6 is 15.9 Å². The fourth-order valence-electron chi connectivity index (χ4n) is 2.52. The molecule has 0 aromatic heterocycles. The molecule has 1 fully saturated rings. The van der Waals surface area contributed by atoms with Gasteiger partial charge in [0.25, 0.3) is 0 Å². The molecule has 1 saturated heterocycles. The summed E-state index contributed by atoms with van der Waals surface area (Å²) in [5, 5.41) is 9.05. The first-order valence-electron chi connectivity index (χ1n) is 6.75. The highest BCUT2D eigenvalue weighted by Gasteiger charge is 2.35. The standard InChI is InChI=1S/C14H16BrNO5S/c15-11-4-1-3-10(7-11)8-22(20,21)9-13(17)16-6-2-5-12(16)14(18)19/h1,3-4,7,12H,2,5-6,8-9H2,(H,18,19)/t12-/m1/s1. The van der Waals surface area contributed by atoms with Crippen molar-refractivity contribution < 1.29 is 23.1 Å². The number of sulfone groups is 1. The van der Waals surface area contributed by atoms with Gasteiger partial charge in [0.1, 0.15) is 11.8 Å². The van der Waals surface area contributed by atoms with Gasteiger partial charge in [-0.15, -0.1) is 0 Å². The molecule has 120 valence electrons. The number of halogens is 1. The number of carbonyl (C=O) groups excluding carboxylic acids is 1. The third kappa shape index (κ3) is 4.30. The molecule has 22 heavy (non-hydrogen) atoms. The van der Waals surface area contributed by atoms with Gasteiger partial charge in [-0.25, -0.2) is 13.2 Å².